The highest BCUT2D eigenvalue weighted by Gasteiger charge is 2.17. The van der Waals surface area contributed by atoms with Gasteiger partial charge in [0, 0.05) is 5.56 Å². The molecular formula is C14H13Br2ClN2O2. The lowest BCUT2D eigenvalue weighted by atomic mass is 10.1. The molecular weight excluding hydrogens is 423 g/mol. The van der Waals surface area contributed by atoms with Gasteiger partial charge in [0.15, 0.2) is 17.3 Å². The van der Waals surface area contributed by atoms with Crippen LogP contribution in [0, 0.1) is 0 Å². The summed E-state index contributed by atoms with van der Waals surface area (Å²) in [4.78, 5) is 8.83. The number of benzene rings is 1. The summed E-state index contributed by atoms with van der Waals surface area (Å²) >= 11 is 12.9. The van der Waals surface area contributed by atoms with Gasteiger partial charge in [0.05, 0.1) is 21.7 Å². The van der Waals surface area contributed by atoms with Crippen LogP contribution >= 0.6 is 43.5 Å². The van der Waals surface area contributed by atoms with Crippen LogP contribution in [0.4, 0.5) is 0 Å². The summed E-state index contributed by atoms with van der Waals surface area (Å²) < 4.78 is 6.35. The summed E-state index contributed by atoms with van der Waals surface area (Å²) in [7, 11) is 1.49. The quantitative estimate of drug-likeness (QED) is 0.676. The molecule has 0 atom stereocenters. The lowest BCUT2D eigenvalue weighted by Gasteiger charge is -2.12. The number of aromatic hydroxyl groups is 1. The van der Waals surface area contributed by atoms with Crippen molar-refractivity contribution in [2.75, 3.05) is 7.11 Å². The molecule has 0 amide bonds. The minimum atomic E-state index is 0.0357. The summed E-state index contributed by atoms with van der Waals surface area (Å²) in [6.45, 7) is 4.06. The first kappa shape index (κ1) is 16.5. The van der Waals surface area contributed by atoms with Crippen molar-refractivity contribution in [2.24, 2.45) is 0 Å². The van der Waals surface area contributed by atoms with Gasteiger partial charge in [0.2, 0.25) is 0 Å². The molecule has 21 heavy (non-hydrogen) atoms. The third kappa shape index (κ3) is 3.33. The van der Waals surface area contributed by atoms with Crippen LogP contribution in [0.5, 0.6) is 11.5 Å². The Kier molecular flexibility index (Phi) is 5.11. The number of halogens is 3. The molecule has 0 aliphatic heterocycles. The molecule has 0 saturated heterocycles. The van der Waals surface area contributed by atoms with Crippen LogP contribution in [-0.4, -0.2) is 22.2 Å². The Labute approximate surface area is 144 Å². The van der Waals surface area contributed by atoms with Gasteiger partial charge in [-0.15, -0.1) is 0 Å². The number of phenols is 1. The number of nitrogens with zero attached hydrogens (tertiary/aromatic N) is 2. The normalized spacial score (nSPS) is 11.0. The van der Waals surface area contributed by atoms with Gasteiger partial charge < -0.3 is 9.84 Å². The second kappa shape index (κ2) is 6.50. The smallest absolute Gasteiger partial charge is 0.172 e. The number of ether oxygens (including phenoxy) is 1. The van der Waals surface area contributed by atoms with E-state index in [0.29, 0.717) is 31.2 Å². The van der Waals surface area contributed by atoms with Gasteiger partial charge in [-0.05, 0) is 49.9 Å². The van der Waals surface area contributed by atoms with E-state index in [9.17, 15) is 5.11 Å². The molecule has 1 heterocycles. The van der Waals surface area contributed by atoms with Gasteiger partial charge >= 0.3 is 0 Å². The third-order valence-electron chi connectivity index (χ3n) is 2.89. The Morgan fingerprint density at radius 3 is 2.48 bits per heavy atom. The van der Waals surface area contributed by atoms with Crippen LogP contribution in [0.3, 0.4) is 0 Å². The van der Waals surface area contributed by atoms with Crippen molar-refractivity contribution in [3.05, 3.63) is 31.9 Å². The van der Waals surface area contributed by atoms with Crippen LogP contribution in [-0.2, 0) is 0 Å². The van der Waals surface area contributed by atoms with E-state index in [4.69, 9.17) is 16.3 Å². The predicted molar refractivity (Wildman–Crippen MR) is 90.2 cm³/mol. The standard InChI is InChI=1S/C14H13Br2ClN2O2/c1-6(2)11-10(16)13(17)19-14(18-11)7-4-8(15)12(20)9(5-7)21-3/h4-6,20H,1-3H3. The van der Waals surface area contributed by atoms with Gasteiger partial charge in [-0.1, -0.05) is 25.4 Å². The molecule has 0 spiro atoms. The van der Waals surface area contributed by atoms with Gasteiger partial charge in [-0.2, -0.15) is 0 Å². The van der Waals surface area contributed by atoms with E-state index in [-0.39, 0.29) is 11.7 Å². The van der Waals surface area contributed by atoms with E-state index >= 15 is 0 Å². The van der Waals surface area contributed by atoms with Crippen LogP contribution < -0.4 is 4.74 Å². The number of rotatable bonds is 3. The average Bonchev–Trinajstić information content (AvgIpc) is 2.44. The first-order chi connectivity index (χ1) is 9.85. The van der Waals surface area contributed by atoms with Crippen molar-refractivity contribution in [1.29, 1.82) is 0 Å². The zero-order valence-corrected chi connectivity index (χ0v) is 15.5. The molecule has 0 unspecified atom stereocenters. The highest BCUT2D eigenvalue weighted by Crippen LogP contribution is 2.39. The number of phenolic OH excluding ortho intramolecular Hbond substituents is 1. The summed E-state index contributed by atoms with van der Waals surface area (Å²) in [6.07, 6.45) is 0. The Morgan fingerprint density at radius 2 is 1.90 bits per heavy atom. The zero-order chi connectivity index (χ0) is 15.7. The van der Waals surface area contributed by atoms with E-state index in [0.717, 1.165) is 5.69 Å². The molecule has 1 aromatic carbocycles. The van der Waals surface area contributed by atoms with Crippen LogP contribution in [0.1, 0.15) is 25.5 Å². The summed E-state index contributed by atoms with van der Waals surface area (Å²) in [5.74, 6) is 1.05. The van der Waals surface area contributed by atoms with Crippen molar-refractivity contribution < 1.29 is 9.84 Å². The van der Waals surface area contributed by atoms with Crippen LogP contribution in [0.25, 0.3) is 11.4 Å². The molecule has 7 heteroatoms. The van der Waals surface area contributed by atoms with Crippen molar-refractivity contribution >= 4 is 43.5 Å². The molecule has 1 aromatic heterocycles. The molecule has 0 fully saturated rings. The second-order valence-corrected chi connectivity index (χ2v) is 6.71. The minimum absolute atomic E-state index is 0.0357. The monoisotopic (exact) mass is 434 g/mol. The minimum Gasteiger partial charge on any atom is -0.503 e. The molecule has 112 valence electrons. The first-order valence-electron chi connectivity index (χ1n) is 6.15. The molecule has 2 rings (SSSR count). The zero-order valence-electron chi connectivity index (χ0n) is 11.6. The number of hydrogen-bond donors (Lipinski definition) is 1. The maximum atomic E-state index is 9.86. The molecule has 1 N–H and O–H groups in total. The maximum absolute atomic E-state index is 9.86. The molecule has 0 saturated carbocycles. The molecule has 0 aliphatic rings. The SMILES string of the molecule is COc1cc(-c2nc(Cl)c(Br)c(C(C)C)n2)cc(Br)c1O. The van der Waals surface area contributed by atoms with Crippen molar-refractivity contribution in [3.8, 4) is 22.9 Å². The van der Waals surface area contributed by atoms with E-state index in [1.165, 1.54) is 7.11 Å². The Balaban J connectivity index is 2.65. The molecule has 2 aromatic rings. The fraction of sp³-hybridized carbons (Fsp3) is 0.286. The fourth-order valence-electron chi connectivity index (χ4n) is 1.81. The van der Waals surface area contributed by atoms with E-state index in [1.54, 1.807) is 12.1 Å². The topological polar surface area (TPSA) is 55.2 Å². The molecule has 0 bridgehead atoms. The molecule has 4 nitrogen and oxygen atoms in total. The fourth-order valence-corrected chi connectivity index (χ4v) is 3.06. The number of methoxy groups -OCH3 is 1. The van der Waals surface area contributed by atoms with E-state index < -0.39 is 0 Å². The van der Waals surface area contributed by atoms with Crippen LogP contribution in [0.15, 0.2) is 21.1 Å². The Bertz CT molecular complexity index is 693. The first-order valence-corrected chi connectivity index (χ1v) is 8.11. The van der Waals surface area contributed by atoms with Crippen molar-refractivity contribution in [1.82, 2.24) is 9.97 Å². The lowest BCUT2D eigenvalue weighted by Crippen LogP contribution is -2.00. The Morgan fingerprint density at radius 1 is 1.24 bits per heavy atom. The van der Waals surface area contributed by atoms with Gasteiger partial charge in [-0.25, -0.2) is 9.97 Å². The maximum Gasteiger partial charge on any atom is 0.172 e. The lowest BCUT2D eigenvalue weighted by molar-refractivity contribution is 0.372. The summed E-state index contributed by atoms with van der Waals surface area (Å²) in [5, 5.41) is 10.2. The Hall–Kier alpha value is -0.850. The van der Waals surface area contributed by atoms with Crippen molar-refractivity contribution in [2.45, 2.75) is 19.8 Å². The molecule has 0 aliphatic carbocycles. The number of hydrogen-bond acceptors (Lipinski definition) is 4. The molecule has 0 radical (unpaired) electrons. The van der Waals surface area contributed by atoms with Gasteiger partial charge in [0.1, 0.15) is 5.15 Å². The second-order valence-electron chi connectivity index (χ2n) is 4.70. The summed E-state index contributed by atoms with van der Waals surface area (Å²) in [6, 6.07) is 3.39. The predicted octanol–water partition coefficient (Wildman–Crippen LogP) is 5.16. The highest BCUT2D eigenvalue weighted by molar-refractivity contribution is 9.11. The van der Waals surface area contributed by atoms with Gasteiger partial charge in [-0.3, -0.25) is 0 Å². The average molecular weight is 437 g/mol. The van der Waals surface area contributed by atoms with Gasteiger partial charge in [0.25, 0.3) is 0 Å². The van der Waals surface area contributed by atoms with E-state index in [2.05, 4.69) is 41.8 Å². The van der Waals surface area contributed by atoms with Crippen LogP contribution in [0.2, 0.25) is 5.15 Å². The third-order valence-corrected chi connectivity index (χ3v) is 4.78. The summed E-state index contributed by atoms with van der Waals surface area (Å²) in [5.41, 5.74) is 1.53. The largest absolute Gasteiger partial charge is 0.503 e. The highest BCUT2D eigenvalue weighted by atomic mass is 79.9. The van der Waals surface area contributed by atoms with E-state index in [1.807, 2.05) is 13.8 Å². The van der Waals surface area contributed by atoms with Crippen molar-refractivity contribution in [3.63, 3.8) is 0 Å². The number of aromatic nitrogens is 2.